The molecule has 0 aliphatic carbocycles. The summed E-state index contributed by atoms with van der Waals surface area (Å²) < 4.78 is 19.7. The molecule has 2 aromatic carbocycles. The van der Waals surface area contributed by atoms with Crippen LogP contribution in [0.5, 0.6) is 17.2 Å². The van der Waals surface area contributed by atoms with Crippen molar-refractivity contribution in [3.8, 4) is 17.2 Å². The van der Waals surface area contributed by atoms with Crippen molar-refractivity contribution in [3.63, 3.8) is 0 Å². The number of rotatable bonds is 7. The first-order valence-electron chi connectivity index (χ1n) is 10.2. The van der Waals surface area contributed by atoms with Gasteiger partial charge in [-0.15, -0.1) is 6.58 Å². The first kappa shape index (κ1) is 21.7. The maximum atomic E-state index is 12.6. The van der Waals surface area contributed by atoms with E-state index in [2.05, 4.69) is 27.1 Å². The molecule has 7 nitrogen and oxygen atoms in total. The van der Waals surface area contributed by atoms with Gasteiger partial charge in [0.2, 0.25) is 6.79 Å². The Morgan fingerprint density at radius 3 is 2.85 bits per heavy atom. The van der Waals surface area contributed by atoms with Crippen molar-refractivity contribution in [2.75, 3.05) is 19.9 Å². The van der Waals surface area contributed by atoms with Gasteiger partial charge in [-0.1, -0.05) is 22.0 Å². The molecular formula is C24H19BrN2O5S. The first-order chi connectivity index (χ1) is 16.0. The van der Waals surface area contributed by atoms with Crippen LogP contribution in [0.3, 0.4) is 0 Å². The van der Waals surface area contributed by atoms with Gasteiger partial charge >= 0.3 is 0 Å². The van der Waals surface area contributed by atoms with E-state index < -0.39 is 0 Å². The van der Waals surface area contributed by atoms with Crippen molar-refractivity contribution >= 4 is 55.8 Å². The van der Waals surface area contributed by atoms with E-state index in [0.717, 1.165) is 32.7 Å². The van der Waals surface area contributed by atoms with Crippen LogP contribution in [0.15, 0.2) is 64.6 Å². The number of benzene rings is 2. The number of halogens is 1. The zero-order valence-electron chi connectivity index (χ0n) is 17.5. The molecule has 0 atom stereocenters. The quantitative estimate of drug-likeness (QED) is 0.302. The number of ether oxygens (including phenoxy) is 3. The van der Waals surface area contributed by atoms with E-state index in [-0.39, 0.29) is 24.5 Å². The molecule has 0 unspecified atom stereocenters. The number of nitrogens with zero attached hydrogens (tertiary/aromatic N) is 2. The largest absolute Gasteiger partial charge is 0.492 e. The van der Waals surface area contributed by atoms with Crippen molar-refractivity contribution in [1.29, 1.82) is 0 Å². The van der Waals surface area contributed by atoms with Crippen molar-refractivity contribution in [3.05, 3.63) is 70.2 Å². The second-order valence-corrected chi connectivity index (χ2v) is 9.29. The van der Waals surface area contributed by atoms with Gasteiger partial charge in [-0.2, -0.15) is 0 Å². The summed E-state index contributed by atoms with van der Waals surface area (Å²) >= 11 is 4.47. The summed E-state index contributed by atoms with van der Waals surface area (Å²) in [5, 5.41) is 0.691. The molecule has 1 saturated heterocycles. The molecular weight excluding hydrogens is 508 g/mol. The molecule has 0 saturated carbocycles. The van der Waals surface area contributed by atoms with Gasteiger partial charge in [-0.05, 0) is 48.2 Å². The summed E-state index contributed by atoms with van der Waals surface area (Å²) in [6.07, 6.45) is 5.29. The normalized spacial score (nSPS) is 16.3. The molecule has 3 heterocycles. The van der Waals surface area contributed by atoms with Gasteiger partial charge in [0.15, 0.2) is 11.5 Å². The zero-order chi connectivity index (χ0) is 22.9. The van der Waals surface area contributed by atoms with E-state index in [0.29, 0.717) is 35.3 Å². The van der Waals surface area contributed by atoms with Gasteiger partial charge in [-0.25, -0.2) is 0 Å². The molecule has 2 aliphatic rings. The Bertz CT molecular complexity index is 1320. The van der Waals surface area contributed by atoms with Gasteiger partial charge < -0.3 is 18.8 Å². The molecule has 33 heavy (non-hydrogen) atoms. The predicted octanol–water partition coefficient (Wildman–Crippen LogP) is 5.43. The molecule has 0 N–H and O–H groups in total. The Balaban J connectivity index is 1.38. The fourth-order valence-electron chi connectivity index (χ4n) is 3.75. The highest BCUT2D eigenvalue weighted by Gasteiger charge is 2.34. The number of carbonyl (C=O) groups excluding carboxylic acids is 2. The minimum Gasteiger partial charge on any atom is -0.492 e. The molecule has 0 radical (unpaired) electrons. The fourth-order valence-corrected chi connectivity index (χ4v) is 4.95. The summed E-state index contributed by atoms with van der Waals surface area (Å²) in [7, 11) is 0. The third-order valence-corrected chi connectivity index (χ3v) is 6.69. The molecule has 2 aliphatic heterocycles. The molecule has 2 amide bonds. The van der Waals surface area contributed by atoms with Crippen molar-refractivity contribution in [2.45, 2.75) is 6.54 Å². The second-order valence-electron chi connectivity index (χ2n) is 7.38. The molecule has 0 bridgehead atoms. The van der Waals surface area contributed by atoms with Crippen LogP contribution in [-0.4, -0.2) is 40.6 Å². The van der Waals surface area contributed by atoms with E-state index >= 15 is 0 Å². The number of hydrogen-bond donors (Lipinski definition) is 0. The monoisotopic (exact) mass is 526 g/mol. The number of aromatic nitrogens is 1. The summed E-state index contributed by atoms with van der Waals surface area (Å²) in [6, 6.07) is 11.5. The summed E-state index contributed by atoms with van der Waals surface area (Å²) in [4.78, 5) is 26.4. The van der Waals surface area contributed by atoms with E-state index in [1.807, 2.05) is 42.6 Å². The Morgan fingerprint density at radius 2 is 2.00 bits per heavy atom. The van der Waals surface area contributed by atoms with E-state index in [1.54, 1.807) is 12.2 Å². The van der Waals surface area contributed by atoms with Gasteiger partial charge in [0.25, 0.3) is 11.1 Å². The number of carbonyl (C=O) groups is 2. The number of imide groups is 1. The Morgan fingerprint density at radius 1 is 1.15 bits per heavy atom. The van der Waals surface area contributed by atoms with Gasteiger partial charge in [0, 0.05) is 39.7 Å². The van der Waals surface area contributed by atoms with Crippen LogP contribution in [-0.2, 0) is 11.3 Å². The molecule has 3 aromatic rings. The molecule has 5 rings (SSSR count). The third-order valence-electron chi connectivity index (χ3n) is 5.29. The third kappa shape index (κ3) is 4.26. The Hall–Kier alpha value is -3.17. The number of hydrogen-bond acceptors (Lipinski definition) is 6. The lowest BCUT2D eigenvalue weighted by Crippen LogP contribution is -2.27. The minimum atomic E-state index is -0.299. The van der Waals surface area contributed by atoms with Crippen LogP contribution in [0.25, 0.3) is 17.0 Å². The molecule has 0 spiro atoms. The lowest BCUT2D eigenvalue weighted by Gasteiger charge is -2.09. The number of amides is 2. The zero-order valence-corrected chi connectivity index (χ0v) is 19.9. The molecule has 1 fully saturated rings. The van der Waals surface area contributed by atoms with Crippen molar-refractivity contribution < 1.29 is 23.8 Å². The average molecular weight is 527 g/mol. The lowest BCUT2D eigenvalue weighted by molar-refractivity contribution is -0.122. The maximum Gasteiger partial charge on any atom is 0.293 e. The van der Waals surface area contributed by atoms with Gasteiger partial charge in [-0.3, -0.25) is 14.5 Å². The van der Waals surface area contributed by atoms with Gasteiger partial charge in [0.1, 0.15) is 12.4 Å². The van der Waals surface area contributed by atoms with Crippen LogP contribution in [0.2, 0.25) is 0 Å². The van der Waals surface area contributed by atoms with Gasteiger partial charge in [0.05, 0.1) is 11.4 Å². The minimum absolute atomic E-state index is 0.201. The van der Waals surface area contributed by atoms with Crippen molar-refractivity contribution in [1.82, 2.24) is 9.47 Å². The molecule has 1 aromatic heterocycles. The summed E-state index contributed by atoms with van der Waals surface area (Å²) in [6.45, 7) is 5.07. The van der Waals surface area contributed by atoms with E-state index in [1.165, 1.54) is 4.90 Å². The topological polar surface area (TPSA) is 70.0 Å². The summed E-state index contributed by atoms with van der Waals surface area (Å²) in [5.74, 6) is 1.80. The highest BCUT2D eigenvalue weighted by Crippen LogP contribution is 2.36. The fraction of sp³-hybridized carbons (Fsp3) is 0.167. The Labute approximate surface area is 202 Å². The number of fused-ring (bicyclic) bond motifs is 2. The van der Waals surface area contributed by atoms with Crippen LogP contribution in [0, 0.1) is 0 Å². The predicted molar refractivity (Wildman–Crippen MR) is 131 cm³/mol. The smallest absolute Gasteiger partial charge is 0.293 e. The van der Waals surface area contributed by atoms with E-state index in [9.17, 15) is 9.59 Å². The SMILES string of the molecule is C=CCN1C(=O)S/C(=C\c2cn(CCOc3ccc4c(c3)OCO4)c3ccc(Br)cc23)C1=O. The van der Waals surface area contributed by atoms with Crippen LogP contribution < -0.4 is 14.2 Å². The van der Waals surface area contributed by atoms with Crippen LogP contribution in [0.1, 0.15) is 5.56 Å². The number of thioether (sulfide) groups is 1. The molecule has 9 heteroatoms. The van der Waals surface area contributed by atoms with Crippen LogP contribution >= 0.6 is 27.7 Å². The standard InChI is InChI=1S/C24H19BrN2O5S/c1-2-7-27-23(28)22(33-24(27)29)10-15-13-26(19-5-3-16(25)11-18(15)19)8-9-30-17-4-6-20-21(12-17)32-14-31-20/h2-6,10-13H,1,7-9,14H2/b22-10-. The summed E-state index contributed by atoms with van der Waals surface area (Å²) in [5.41, 5.74) is 1.86. The molecule has 168 valence electrons. The van der Waals surface area contributed by atoms with Crippen molar-refractivity contribution in [2.24, 2.45) is 0 Å². The second kappa shape index (κ2) is 8.99. The highest BCUT2D eigenvalue weighted by atomic mass is 79.9. The maximum absolute atomic E-state index is 12.6. The average Bonchev–Trinajstić information content (AvgIpc) is 3.47. The Kier molecular flexibility index (Phi) is 5.90. The lowest BCUT2D eigenvalue weighted by atomic mass is 10.1. The van der Waals surface area contributed by atoms with Crippen LogP contribution in [0.4, 0.5) is 4.79 Å². The highest BCUT2D eigenvalue weighted by molar-refractivity contribution is 9.10. The first-order valence-corrected chi connectivity index (χ1v) is 11.8. The van der Waals surface area contributed by atoms with E-state index in [4.69, 9.17) is 14.2 Å².